The lowest BCUT2D eigenvalue weighted by molar-refractivity contribution is -0.138. The van der Waals surface area contributed by atoms with Gasteiger partial charge >= 0.3 is 12.2 Å². The Hall–Kier alpha value is -2.19. The number of alkyl halides is 3. The van der Waals surface area contributed by atoms with Crippen LogP contribution in [-0.4, -0.2) is 35.3 Å². The zero-order valence-electron chi connectivity index (χ0n) is 18.1. The Labute approximate surface area is 195 Å². The third-order valence-electron chi connectivity index (χ3n) is 5.50. The zero-order valence-corrected chi connectivity index (χ0v) is 19.7. The smallest absolute Gasteiger partial charge is 0.306 e. The van der Waals surface area contributed by atoms with Crippen molar-refractivity contribution in [3.05, 3.63) is 64.2 Å². The summed E-state index contributed by atoms with van der Waals surface area (Å²) in [4.78, 5) is 12.9. The van der Waals surface area contributed by atoms with Crippen molar-refractivity contribution >= 4 is 40.8 Å². The SMILES string of the molecule is CSCCCC1(C)CN(C(=O)Nc2ccc(C(F)(F)F)c(C)c2)N=C1c1ccc(Cl)cc1. The minimum Gasteiger partial charge on any atom is -0.306 e. The first-order valence-electron chi connectivity index (χ1n) is 10.1. The highest BCUT2D eigenvalue weighted by Crippen LogP contribution is 2.37. The average Bonchev–Trinajstić information content (AvgIpc) is 3.05. The first kappa shape index (κ1) is 24.5. The molecule has 0 fully saturated rings. The number of rotatable bonds is 6. The number of carbonyl (C=O) groups is 1. The number of urea groups is 1. The van der Waals surface area contributed by atoms with Gasteiger partial charge < -0.3 is 5.32 Å². The Morgan fingerprint density at radius 3 is 2.53 bits per heavy atom. The molecule has 3 rings (SSSR count). The molecule has 0 saturated carbocycles. The molecule has 0 bridgehead atoms. The molecule has 172 valence electrons. The van der Waals surface area contributed by atoms with Gasteiger partial charge in [-0.05, 0) is 73.2 Å². The Morgan fingerprint density at radius 2 is 1.94 bits per heavy atom. The van der Waals surface area contributed by atoms with E-state index in [1.165, 1.54) is 24.1 Å². The molecular weight excluding hydrogens is 459 g/mol. The van der Waals surface area contributed by atoms with Gasteiger partial charge in [-0.2, -0.15) is 30.0 Å². The molecule has 0 aliphatic carbocycles. The Kier molecular flexibility index (Phi) is 7.45. The van der Waals surface area contributed by atoms with Crippen molar-refractivity contribution in [1.82, 2.24) is 5.01 Å². The van der Waals surface area contributed by atoms with E-state index in [1.54, 1.807) is 23.9 Å². The topological polar surface area (TPSA) is 44.7 Å². The van der Waals surface area contributed by atoms with E-state index in [2.05, 4.69) is 23.6 Å². The summed E-state index contributed by atoms with van der Waals surface area (Å²) in [5, 5.41) is 9.25. The minimum atomic E-state index is -4.43. The number of aryl methyl sites for hydroxylation is 1. The van der Waals surface area contributed by atoms with Gasteiger partial charge in [-0.15, -0.1) is 0 Å². The summed E-state index contributed by atoms with van der Waals surface area (Å²) < 4.78 is 39.0. The van der Waals surface area contributed by atoms with Crippen molar-refractivity contribution in [3.8, 4) is 0 Å². The third kappa shape index (κ3) is 5.59. The first-order valence-corrected chi connectivity index (χ1v) is 11.9. The number of amides is 2. The lowest BCUT2D eigenvalue weighted by Gasteiger charge is -2.26. The molecule has 0 aromatic heterocycles. The largest absolute Gasteiger partial charge is 0.416 e. The van der Waals surface area contributed by atoms with Gasteiger partial charge in [-0.1, -0.05) is 30.7 Å². The normalized spacial score (nSPS) is 18.6. The van der Waals surface area contributed by atoms with Crippen LogP contribution in [0.25, 0.3) is 0 Å². The highest BCUT2D eigenvalue weighted by molar-refractivity contribution is 7.98. The van der Waals surface area contributed by atoms with Crippen molar-refractivity contribution in [2.75, 3.05) is 23.9 Å². The summed E-state index contributed by atoms with van der Waals surface area (Å²) in [7, 11) is 0. The molecule has 0 radical (unpaired) electrons. The average molecular weight is 484 g/mol. The minimum absolute atomic E-state index is 0.0454. The number of carbonyl (C=O) groups excluding carboxylic acids is 1. The maximum absolute atomic E-state index is 13.0. The van der Waals surface area contributed by atoms with Crippen LogP contribution in [0, 0.1) is 12.3 Å². The summed E-state index contributed by atoms with van der Waals surface area (Å²) >= 11 is 7.79. The standard InChI is InChI=1S/C23H25ClF3N3OS/c1-15-13-18(9-10-19(15)23(25,26)27)28-21(31)30-14-22(2,11-4-12-32-3)20(29-30)16-5-7-17(24)8-6-16/h5-10,13H,4,11-12,14H2,1-3H3,(H,28,31). The molecule has 4 nitrogen and oxygen atoms in total. The van der Waals surface area contributed by atoms with Crippen LogP contribution in [0.3, 0.4) is 0 Å². The van der Waals surface area contributed by atoms with Crippen LogP contribution in [0.15, 0.2) is 47.6 Å². The molecule has 0 spiro atoms. The van der Waals surface area contributed by atoms with E-state index in [9.17, 15) is 18.0 Å². The summed E-state index contributed by atoms with van der Waals surface area (Å²) in [5.74, 6) is 1.00. The van der Waals surface area contributed by atoms with Crippen LogP contribution in [0.5, 0.6) is 0 Å². The Balaban J connectivity index is 1.83. The molecule has 0 saturated heterocycles. The van der Waals surface area contributed by atoms with E-state index in [0.717, 1.165) is 35.9 Å². The van der Waals surface area contributed by atoms with Crippen LogP contribution in [0.1, 0.15) is 36.5 Å². The van der Waals surface area contributed by atoms with E-state index in [4.69, 9.17) is 11.6 Å². The van der Waals surface area contributed by atoms with E-state index in [-0.39, 0.29) is 11.0 Å². The fourth-order valence-corrected chi connectivity index (χ4v) is 4.42. The number of benzene rings is 2. The summed E-state index contributed by atoms with van der Waals surface area (Å²) in [6.45, 7) is 3.83. The fraction of sp³-hybridized carbons (Fsp3) is 0.391. The molecule has 1 unspecified atom stereocenters. The number of anilines is 1. The van der Waals surface area contributed by atoms with Gasteiger partial charge in [0.1, 0.15) is 0 Å². The van der Waals surface area contributed by atoms with Gasteiger partial charge in [0, 0.05) is 16.1 Å². The fourth-order valence-electron chi connectivity index (χ4n) is 3.87. The van der Waals surface area contributed by atoms with Crippen molar-refractivity contribution in [1.29, 1.82) is 0 Å². The van der Waals surface area contributed by atoms with Gasteiger partial charge in [0.15, 0.2) is 0 Å². The van der Waals surface area contributed by atoms with Gasteiger partial charge in [0.2, 0.25) is 0 Å². The van der Waals surface area contributed by atoms with Crippen LogP contribution in [0.2, 0.25) is 5.02 Å². The number of halogens is 4. The lowest BCUT2D eigenvalue weighted by atomic mass is 9.78. The number of hydrogen-bond donors (Lipinski definition) is 1. The molecule has 32 heavy (non-hydrogen) atoms. The maximum Gasteiger partial charge on any atom is 0.416 e. The summed E-state index contributed by atoms with van der Waals surface area (Å²) in [5.41, 5.74) is 0.956. The Morgan fingerprint density at radius 1 is 1.25 bits per heavy atom. The van der Waals surface area contributed by atoms with Crippen LogP contribution < -0.4 is 5.32 Å². The number of hydrazone groups is 1. The summed E-state index contributed by atoms with van der Waals surface area (Å²) in [6.07, 6.45) is -0.564. The quantitative estimate of drug-likeness (QED) is 0.446. The predicted molar refractivity (Wildman–Crippen MR) is 126 cm³/mol. The van der Waals surface area contributed by atoms with Gasteiger partial charge in [0.25, 0.3) is 0 Å². The second-order valence-electron chi connectivity index (χ2n) is 8.13. The molecular formula is C23H25ClF3N3OS. The maximum atomic E-state index is 13.0. The number of hydrogen-bond acceptors (Lipinski definition) is 3. The van der Waals surface area contributed by atoms with Crippen molar-refractivity contribution in [3.63, 3.8) is 0 Å². The highest BCUT2D eigenvalue weighted by Gasteiger charge is 2.41. The molecule has 1 N–H and O–H groups in total. The number of nitrogens with one attached hydrogen (secondary N) is 1. The van der Waals surface area contributed by atoms with E-state index < -0.39 is 17.8 Å². The molecule has 2 aromatic rings. The van der Waals surface area contributed by atoms with Crippen LogP contribution in [-0.2, 0) is 6.18 Å². The monoisotopic (exact) mass is 483 g/mol. The molecule has 9 heteroatoms. The Bertz CT molecular complexity index is 1010. The lowest BCUT2D eigenvalue weighted by Crippen LogP contribution is -2.35. The van der Waals surface area contributed by atoms with Crippen molar-refractivity contribution in [2.45, 2.75) is 32.9 Å². The summed E-state index contributed by atoms with van der Waals surface area (Å²) in [6, 6.07) is 10.4. The van der Waals surface area contributed by atoms with Gasteiger partial charge in [-0.25, -0.2) is 9.80 Å². The third-order valence-corrected chi connectivity index (χ3v) is 6.45. The molecule has 1 aliphatic rings. The highest BCUT2D eigenvalue weighted by atomic mass is 35.5. The second kappa shape index (κ2) is 9.75. The number of thioether (sulfide) groups is 1. The zero-order chi connectivity index (χ0) is 23.5. The first-order chi connectivity index (χ1) is 15.0. The predicted octanol–water partition coefficient (Wildman–Crippen LogP) is 7.07. The van der Waals surface area contributed by atoms with E-state index in [1.807, 2.05) is 12.1 Å². The van der Waals surface area contributed by atoms with Gasteiger partial charge in [-0.3, -0.25) is 0 Å². The molecule has 1 aliphatic heterocycles. The number of nitrogens with zero attached hydrogens (tertiary/aromatic N) is 2. The molecule has 2 amide bonds. The molecule has 2 aromatic carbocycles. The van der Waals surface area contributed by atoms with Gasteiger partial charge in [0.05, 0.1) is 17.8 Å². The molecule has 1 heterocycles. The van der Waals surface area contributed by atoms with Crippen LogP contribution >= 0.6 is 23.4 Å². The van der Waals surface area contributed by atoms with E-state index in [0.29, 0.717) is 17.3 Å². The van der Waals surface area contributed by atoms with Crippen molar-refractivity contribution in [2.24, 2.45) is 10.5 Å². The van der Waals surface area contributed by atoms with Crippen LogP contribution in [0.4, 0.5) is 23.7 Å². The van der Waals surface area contributed by atoms with Crippen molar-refractivity contribution < 1.29 is 18.0 Å². The molecule has 1 atom stereocenters. The van der Waals surface area contributed by atoms with E-state index >= 15 is 0 Å². The second-order valence-corrected chi connectivity index (χ2v) is 9.55.